The third-order valence-electron chi connectivity index (χ3n) is 5.02. The molecule has 3 rings (SSSR count). The molecule has 0 spiro atoms. The zero-order valence-corrected chi connectivity index (χ0v) is 12.9. The van der Waals surface area contributed by atoms with Crippen molar-refractivity contribution in [2.45, 2.75) is 56.9 Å². The highest BCUT2D eigenvalue weighted by Crippen LogP contribution is 2.39. The monoisotopic (exact) mass is 291 g/mol. The summed E-state index contributed by atoms with van der Waals surface area (Å²) in [4.78, 5) is 0. The molecule has 0 aromatic heterocycles. The van der Waals surface area contributed by atoms with Crippen LogP contribution in [0.25, 0.3) is 0 Å². The van der Waals surface area contributed by atoms with Crippen molar-refractivity contribution in [3.8, 4) is 5.75 Å². The maximum Gasteiger partial charge on any atom is 0.168 e. The maximum absolute atomic E-state index is 14.6. The molecule has 0 heterocycles. The molecule has 3 heteroatoms. The number of methoxy groups -OCH3 is 1. The largest absolute Gasteiger partial charge is 0.494 e. The van der Waals surface area contributed by atoms with Gasteiger partial charge in [-0.15, -0.1) is 0 Å². The van der Waals surface area contributed by atoms with Crippen LogP contribution in [0.15, 0.2) is 18.2 Å². The van der Waals surface area contributed by atoms with Gasteiger partial charge in [-0.2, -0.15) is 0 Å². The summed E-state index contributed by atoms with van der Waals surface area (Å²) in [7, 11) is 1.54. The van der Waals surface area contributed by atoms with Crippen molar-refractivity contribution in [2.75, 3.05) is 13.7 Å². The Morgan fingerprint density at radius 3 is 2.71 bits per heavy atom. The number of hydrogen-bond acceptors (Lipinski definition) is 2. The standard InChI is InChI=1S/C18H26FNO/c1-21-17-9-5-8-16(18(17)19)15-7-4-2-3-6-13(15)12-20-14-10-11-14/h5,8-9,13-15,20H,2-4,6-7,10-12H2,1H3. The van der Waals surface area contributed by atoms with E-state index in [1.54, 1.807) is 13.2 Å². The summed E-state index contributed by atoms with van der Waals surface area (Å²) in [6.45, 7) is 1.03. The molecule has 2 atom stereocenters. The second-order valence-corrected chi connectivity index (χ2v) is 6.55. The summed E-state index contributed by atoms with van der Waals surface area (Å²) in [5.74, 6) is 1.11. The van der Waals surface area contributed by atoms with E-state index in [4.69, 9.17) is 4.74 Å². The Bertz CT molecular complexity index is 472. The summed E-state index contributed by atoms with van der Waals surface area (Å²) in [5, 5.41) is 3.65. The van der Waals surface area contributed by atoms with E-state index in [-0.39, 0.29) is 5.82 Å². The summed E-state index contributed by atoms with van der Waals surface area (Å²) in [6.07, 6.45) is 8.69. The van der Waals surface area contributed by atoms with Crippen molar-refractivity contribution in [2.24, 2.45) is 5.92 Å². The first-order valence-corrected chi connectivity index (χ1v) is 8.35. The lowest BCUT2D eigenvalue weighted by molar-refractivity contribution is 0.351. The Hall–Kier alpha value is -1.09. The van der Waals surface area contributed by atoms with E-state index in [0.717, 1.165) is 24.6 Å². The Kier molecular flexibility index (Phi) is 4.79. The van der Waals surface area contributed by atoms with Gasteiger partial charge in [-0.3, -0.25) is 0 Å². The minimum Gasteiger partial charge on any atom is -0.494 e. The summed E-state index contributed by atoms with van der Waals surface area (Å²) >= 11 is 0. The first kappa shape index (κ1) is 14.8. The van der Waals surface area contributed by atoms with Crippen molar-refractivity contribution in [1.29, 1.82) is 0 Å². The molecule has 0 amide bonds. The number of rotatable bonds is 5. The van der Waals surface area contributed by atoms with E-state index >= 15 is 0 Å². The van der Waals surface area contributed by atoms with Crippen LogP contribution in [-0.4, -0.2) is 19.7 Å². The van der Waals surface area contributed by atoms with Crippen LogP contribution in [0, 0.1) is 11.7 Å². The van der Waals surface area contributed by atoms with Gasteiger partial charge >= 0.3 is 0 Å². The van der Waals surface area contributed by atoms with E-state index in [1.165, 1.54) is 38.5 Å². The van der Waals surface area contributed by atoms with Gasteiger partial charge in [-0.1, -0.05) is 31.4 Å². The molecular formula is C18H26FNO. The average molecular weight is 291 g/mol. The van der Waals surface area contributed by atoms with Crippen LogP contribution in [0.5, 0.6) is 5.75 Å². The molecule has 2 fully saturated rings. The average Bonchev–Trinajstić information content (AvgIpc) is 3.32. The topological polar surface area (TPSA) is 21.3 Å². The third kappa shape index (κ3) is 3.57. The normalized spacial score (nSPS) is 26.4. The van der Waals surface area contributed by atoms with E-state index in [1.807, 2.05) is 12.1 Å². The molecule has 2 aliphatic rings. The number of hydrogen-bond donors (Lipinski definition) is 1. The lowest BCUT2D eigenvalue weighted by Gasteiger charge is -2.27. The highest BCUT2D eigenvalue weighted by atomic mass is 19.1. The van der Waals surface area contributed by atoms with Gasteiger partial charge < -0.3 is 10.1 Å². The molecule has 1 aromatic carbocycles. The second-order valence-electron chi connectivity index (χ2n) is 6.55. The third-order valence-corrected chi connectivity index (χ3v) is 5.02. The van der Waals surface area contributed by atoms with E-state index < -0.39 is 0 Å². The number of nitrogens with one attached hydrogen (secondary N) is 1. The van der Waals surface area contributed by atoms with Gasteiger partial charge in [-0.05, 0) is 55.7 Å². The van der Waals surface area contributed by atoms with Gasteiger partial charge in [-0.25, -0.2) is 4.39 Å². The molecule has 116 valence electrons. The maximum atomic E-state index is 14.6. The van der Waals surface area contributed by atoms with Crippen LogP contribution in [0.2, 0.25) is 0 Å². The van der Waals surface area contributed by atoms with Crippen LogP contribution >= 0.6 is 0 Å². The minimum atomic E-state index is -0.150. The van der Waals surface area contributed by atoms with Gasteiger partial charge in [0.1, 0.15) is 0 Å². The van der Waals surface area contributed by atoms with Crippen molar-refractivity contribution in [3.05, 3.63) is 29.6 Å². The van der Waals surface area contributed by atoms with Crippen molar-refractivity contribution >= 4 is 0 Å². The van der Waals surface area contributed by atoms with Gasteiger partial charge in [0, 0.05) is 6.04 Å². The molecule has 1 N–H and O–H groups in total. The molecule has 2 saturated carbocycles. The smallest absolute Gasteiger partial charge is 0.168 e. The number of benzene rings is 1. The van der Waals surface area contributed by atoms with Crippen molar-refractivity contribution < 1.29 is 9.13 Å². The second kappa shape index (κ2) is 6.78. The van der Waals surface area contributed by atoms with Crippen molar-refractivity contribution in [3.63, 3.8) is 0 Å². The van der Waals surface area contributed by atoms with Gasteiger partial charge in [0.05, 0.1) is 7.11 Å². The Balaban J connectivity index is 1.80. The fourth-order valence-corrected chi connectivity index (χ4v) is 3.62. The molecule has 0 aliphatic heterocycles. The van der Waals surface area contributed by atoms with Crippen LogP contribution in [-0.2, 0) is 0 Å². The first-order chi connectivity index (χ1) is 10.3. The predicted octanol–water partition coefficient (Wildman–Crippen LogP) is 4.25. The van der Waals surface area contributed by atoms with Gasteiger partial charge in [0.2, 0.25) is 0 Å². The summed E-state index contributed by atoms with van der Waals surface area (Å²) in [6, 6.07) is 6.32. The summed E-state index contributed by atoms with van der Waals surface area (Å²) < 4.78 is 19.8. The number of ether oxygens (including phenoxy) is 1. The Morgan fingerprint density at radius 1 is 1.14 bits per heavy atom. The Labute approximate surface area is 127 Å². The molecular weight excluding hydrogens is 265 g/mol. The fourth-order valence-electron chi connectivity index (χ4n) is 3.62. The highest BCUT2D eigenvalue weighted by molar-refractivity contribution is 5.34. The molecule has 21 heavy (non-hydrogen) atoms. The van der Waals surface area contributed by atoms with E-state index in [0.29, 0.717) is 17.6 Å². The molecule has 0 bridgehead atoms. The SMILES string of the molecule is COc1cccc(C2CCCCCC2CNC2CC2)c1F. The lowest BCUT2D eigenvalue weighted by Crippen LogP contribution is -2.28. The molecule has 0 saturated heterocycles. The van der Waals surface area contributed by atoms with Gasteiger partial charge in [0.15, 0.2) is 11.6 Å². The lowest BCUT2D eigenvalue weighted by atomic mass is 9.82. The summed E-state index contributed by atoms with van der Waals surface area (Å²) in [5.41, 5.74) is 0.860. The quantitative estimate of drug-likeness (QED) is 0.819. The van der Waals surface area contributed by atoms with Gasteiger partial charge in [0.25, 0.3) is 0 Å². The Morgan fingerprint density at radius 2 is 1.95 bits per heavy atom. The minimum absolute atomic E-state index is 0.150. The fraction of sp³-hybridized carbons (Fsp3) is 0.667. The number of halogens is 1. The zero-order valence-electron chi connectivity index (χ0n) is 12.9. The highest BCUT2D eigenvalue weighted by Gasteiger charge is 2.30. The molecule has 2 unspecified atom stereocenters. The van der Waals surface area contributed by atoms with E-state index in [9.17, 15) is 4.39 Å². The molecule has 2 nitrogen and oxygen atoms in total. The first-order valence-electron chi connectivity index (χ1n) is 8.35. The molecule has 0 radical (unpaired) electrons. The van der Waals surface area contributed by atoms with E-state index in [2.05, 4.69) is 5.32 Å². The molecule has 2 aliphatic carbocycles. The zero-order chi connectivity index (χ0) is 14.7. The van der Waals surface area contributed by atoms with Crippen LogP contribution in [0.1, 0.15) is 56.4 Å². The van der Waals surface area contributed by atoms with Crippen LogP contribution < -0.4 is 10.1 Å². The predicted molar refractivity (Wildman–Crippen MR) is 83.3 cm³/mol. The van der Waals surface area contributed by atoms with Crippen LogP contribution in [0.3, 0.4) is 0 Å². The molecule has 1 aromatic rings. The van der Waals surface area contributed by atoms with Crippen molar-refractivity contribution in [1.82, 2.24) is 5.32 Å². The van der Waals surface area contributed by atoms with Crippen LogP contribution in [0.4, 0.5) is 4.39 Å².